The molecule has 0 atom stereocenters. The molecular weight excluding hydrogens is 174 g/mol. The van der Waals surface area contributed by atoms with Crippen molar-refractivity contribution in [3.8, 4) is 6.07 Å². The van der Waals surface area contributed by atoms with E-state index in [-0.39, 0.29) is 5.92 Å². The summed E-state index contributed by atoms with van der Waals surface area (Å²) in [6.07, 6.45) is 3.64. The van der Waals surface area contributed by atoms with Gasteiger partial charge in [0.15, 0.2) is 0 Å². The molecule has 2 aromatic rings. The Morgan fingerprint density at radius 2 is 2.29 bits per heavy atom. The van der Waals surface area contributed by atoms with Crippen LogP contribution in [0.25, 0.3) is 10.9 Å². The summed E-state index contributed by atoms with van der Waals surface area (Å²) in [7, 11) is 0. The van der Waals surface area contributed by atoms with Crippen LogP contribution >= 0.6 is 0 Å². The van der Waals surface area contributed by atoms with E-state index in [2.05, 4.69) is 16.0 Å². The Bertz CT molecular complexity index is 503. The lowest BCUT2D eigenvalue weighted by Gasteiger charge is -2.06. The fraction of sp³-hybridized carbons (Fsp3) is 0.273. The Morgan fingerprint density at radius 3 is 2.93 bits per heavy atom. The minimum atomic E-state index is 0.275. The maximum atomic E-state index is 9.07. The van der Waals surface area contributed by atoms with Gasteiger partial charge in [-0.1, -0.05) is 13.8 Å². The number of pyridine rings is 1. The van der Waals surface area contributed by atoms with E-state index in [0.29, 0.717) is 5.56 Å². The smallest absolute Gasteiger partial charge is 0.103 e. The lowest BCUT2D eigenvalue weighted by atomic mass is 10.0. The lowest BCUT2D eigenvalue weighted by molar-refractivity contribution is 0.821. The number of nitriles is 1. The van der Waals surface area contributed by atoms with Gasteiger partial charge in [-0.05, 0) is 12.0 Å². The molecule has 0 bridgehead atoms. The lowest BCUT2D eigenvalue weighted by Crippen LogP contribution is -1.97. The second-order valence-electron chi connectivity index (χ2n) is 3.59. The van der Waals surface area contributed by atoms with E-state index in [0.717, 1.165) is 16.6 Å². The average Bonchev–Trinajstić information content (AvgIpc) is 2.63. The van der Waals surface area contributed by atoms with Crippen LogP contribution in [0.4, 0.5) is 0 Å². The van der Waals surface area contributed by atoms with Crippen molar-refractivity contribution >= 4 is 10.9 Å². The zero-order chi connectivity index (χ0) is 10.1. The first-order chi connectivity index (χ1) is 6.74. The number of H-pyrrole nitrogens is 1. The molecule has 0 amide bonds. The molecule has 70 valence electrons. The summed E-state index contributed by atoms with van der Waals surface area (Å²) >= 11 is 0. The number of aromatic amines is 1. The number of aromatic nitrogens is 2. The molecule has 3 nitrogen and oxygen atoms in total. The molecule has 0 fully saturated rings. The fourth-order valence-electron chi connectivity index (χ4n) is 1.59. The molecule has 0 unspecified atom stereocenters. The predicted molar refractivity (Wildman–Crippen MR) is 54.9 cm³/mol. The van der Waals surface area contributed by atoms with Crippen molar-refractivity contribution < 1.29 is 0 Å². The number of nitrogens with one attached hydrogen (secondary N) is 1. The summed E-state index contributed by atoms with van der Waals surface area (Å²) in [6, 6.07) is 4.14. The Morgan fingerprint density at radius 1 is 1.50 bits per heavy atom. The van der Waals surface area contributed by atoms with Crippen molar-refractivity contribution in [2.24, 2.45) is 0 Å². The second kappa shape index (κ2) is 3.15. The van der Waals surface area contributed by atoms with Crippen molar-refractivity contribution in [1.29, 1.82) is 5.26 Å². The van der Waals surface area contributed by atoms with Crippen LogP contribution in [-0.4, -0.2) is 9.97 Å². The molecule has 0 aliphatic rings. The highest BCUT2D eigenvalue weighted by Crippen LogP contribution is 2.23. The zero-order valence-corrected chi connectivity index (χ0v) is 8.20. The van der Waals surface area contributed by atoms with Gasteiger partial charge in [0.2, 0.25) is 0 Å². The van der Waals surface area contributed by atoms with Crippen LogP contribution in [0.2, 0.25) is 0 Å². The third-order valence-electron chi connectivity index (χ3n) is 2.29. The molecular formula is C11H11N3. The van der Waals surface area contributed by atoms with Gasteiger partial charge in [0.25, 0.3) is 0 Å². The van der Waals surface area contributed by atoms with E-state index in [1.54, 1.807) is 0 Å². The van der Waals surface area contributed by atoms with E-state index in [4.69, 9.17) is 5.26 Å². The number of hydrogen-bond donors (Lipinski definition) is 1. The Kier molecular flexibility index (Phi) is 1.97. The number of fused-ring (bicyclic) bond motifs is 1. The van der Waals surface area contributed by atoms with Gasteiger partial charge >= 0.3 is 0 Å². The van der Waals surface area contributed by atoms with Crippen LogP contribution in [0.1, 0.15) is 31.0 Å². The summed E-state index contributed by atoms with van der Waals surface area (Å²) in [6.45, 7) is 4.08. The highest BCUT2D eigenvalue weighted by atomic mass is 14.7. The van der Waals surface area contributed by atoms with Crippen molar-refractivity contribution in [1.82, 2.24) is 9.97 Å². The minimum absolute atomic E-state index is 0.275. The molecule has 2 rings (SSSR count). The number of rotatable bonds is 1. The van der Waals surface area contributed by atoms with Crippen molar-refractivity contribution in [3.63, 3.8) is 0 Å². The molecule has 0 aromatic carbocycles. The summed E-state index contributed by atoms with van der Waals surface area (Å²) in [4.78, 5) is 7.38. The zero-order valence-electron chi connectivity index (χ0n) is 8.20. The molecule has 2 aromatic heterocycles. The molecule has 0 aliphatic carbocycles. The quantitative estimate of drug-likeness (QED) is 0.742. The van der Waals surface area contributed by atoms with Gasteiger partial charge in [-0.2, -0.15) is 5.26 Å². The van der Waals surface area contributed by atoms with Crippen molar-refractivity contribution in [3.05, 3.63) is 29.7 Å². The molecule has 0 radical (unpaired) electrons. The summed E-state index contributed by atoms with van der Waals surface area (Å²) in [5, 5.41) is 10.1. The normalized spacial score (nSPS) is 10.7. The number of nitrogens with zero attached hydrogens (tertiary/aromatic N) is 2. The molecule has 0 saturated heterocycles. The van der Waals surface area contributed by atoms with Crippen LogP contribution in [0.5, 0.6) is 0 Å². The molecule has 3 heteroatoms. The van der Waals surface area contributed by atoms with Crippen LogP contribution in [0, 0.1) is 11.3 Å². The second-order valence-corrected chi connectivity index (χ2v) is 3.59. The summed E-state index contributed by atoms with van der Waals surface area (Å²) < 4.78 is 0. The molecule has 2 heterocycles. The maximum Gasteiger partial charge on any atom is 0.103 e. The summed E-state index contributed by atoms with van der Waals surface area (Å²) in [5.74, 6) is 0.275. The monoisotopic (exact) mass is 185 g/mol. The van der Waals surface area contributed by atoms with Gasteiger partial charge in [-0.15, -0.1) is 0 Å². The topological polar surface area (TPSA) is 52.5 Å². The third-order valence-corrected chi connectivity index (χ3v) is 2.29. The Balaban J connectivity index is 2.81. The summed E-state index contributed by atoms with van der Waals surface area (Å²) in [5.41, 5.74) is 2.43. The fourth-order valence-corrected chi connectivity index (χ4v) is 1.59. The SMILES string of the molecule is CC(C)c1ncc2cc[nH]c2c1C#N. The first-order valence-electron chi connectivity index (χ1n) is 4.60. The third kappa shape index (κ3) is 1.16. The molecule has 14 heavy (non-hydrogen) atoms. The van der Waals surface area contributed by atoms with E-state index in [1.165, 1.54) is 0 Å². The van der Waals surface area contributed by atoms with Crippen LogP contribution < -0.4 is 0 Å². The van der Waals surface area contributed by atoms with Crippen LogP contribution in [0.15, 0.2) is 18.5 Å². The molecule has 0 spiro atoms. The van der Waals surface area contributed by atoms with Crippen LogP contribution in [-0.2, 0) is 0 Å². The number of hydrogen-bond acceptors (Lipinski definition) is 2. The molecule has 0 aliphatic heterocycles. The van der Waals surface area contributed by atoms with E-state index >= 15 is 0 Å². The van der Waals surface area contributed by atoms with E-state index < -0.39 is 0 Å². The minimum Gasteiger partial charge on any atom is -0.360 e. The highest BCUT2D eigenvalue weighted by Gasteiger charge is 2.12. The first-order valence-corrected chi connectivity index (χ1v) is 4.60. The largest absolute Gasteiger partial charge is 0.360 e. The van der Waals surface area contributed by atoms with Gasteiger partial charge in [-0.3, -0.25) is 4.98 Å². The Hall–Kier alpha value is -1.82. The molecule has 0 saturated carbocycles. The highest BCUT2D eigenvalue weighted by molar-refractivity contribution is 5.84. The van der Waals surface area contributed by atoms with Gasteiger partial charge in [0, 0.05) is 17.8 Å². The van der Waals surface area contributed by atoms with Crippen molar-refractivity contribution in [2.75, 3.05) is 0 Å². The Labute approximate surface area is 82.4 Å². The maximum absolute atomic E-state index is 9.07. The van der Waals surface area contributed by atoms with Gasteiger partial charge in [0.1, 0.15) is 6.07 Å². The standard InChI is InChI=1S/C11H11N3/c1-7(2)10-9(5-12)11-8(6-14-10)3-4-13-11/h3-4,6-7,13H,1-2H3. The van der Waals surface area contributed by atoms with Crippen molar-refractivity contribution in [2.45, 2.75) is 19.8 Å². The predicted octanol–water partition coefficient (Wildman–Crippen LogP) is 2.56. The van der Waals surface area contributed by atoms with Gasteiger partial charge < -0.3 is 4.98 Å². The average molecular weight is 185 g/mol. The van der Waals surface area contributed by atoms with Gasteiger partial charge in [-0.25, -0.2) is 0 Å². The van der Waals surface area contributed by atoms with E-state index in [9.17, 15) is 0 Å². The van der Waals surface area contributed by atoms with Gasteiger partial charge in [0.05, 0.1) is 16.8 Å². The molecule has 1 N–H and O–H groups in total. The first kappa shape index (κ1) is 8.76. The van der Waals surface area contributed by atoms with E-state index in [1.807, 2.05) is 32.3 Å². The van der Waals surface area contributed by atoms with Crippen LogP contribution in [0.3, 0.4) is 0 Å².